The van der Waals surface area contributed by atoms with Gasteiger partial charge >= 0.3 is 6.03 Å². The molecule has 0 unspecified atom stereocenters. The van der Waals surface area contributed by atoms with Crippen LogP contribution in [0.1, 0.15) is 39.0 Å². The molecule has 7 nitrogen and oxygen atoms in total. The normalized spacial score (nSPS) is 16.8. The zero-order valence-electron chi connectivity index (χ0n) is 12.7. The fourth-order valence-electron chi connectivity index (χ4n) is 2.22. The Labute approximate surface area is 138 Å². The van der Waals surface area contributed by atoms with E-state index in [0.717, 1.165) is 9.47 Å². The number of hydrogen-bond acceptors (Lipinski definition) is 7. The molecule has 0 saturated heterocycles. The molecular weight excluding hydrogens is 322 g/mol. The highest BCUT2D eigenvalue weighted by atomic mass is 32.2. The first-order valence-electron chi connectivity index (χ1n) is 7.37. The van der Waals surface area contributed by atoms with Gasteiger partial charge in [-0.25, -0.2) is 4.79 Å². The third-order valence-electron chi connectivity index (χ3n) is 3.45. The summed E-state index contributed by atoms with van der Waals surface area (Å²) in [5, 5.41) is 16.6. The quantitative estimate of drug-likeness (QED) is 0.710. The van der Waals surface area contributed by atoms with Gasteiger partial charge in [0.25, 0.3) is 0 Å². The highest BCUT2D eigenvalue weighted by molar-refractivity contribution is 8.02. The van der Waals surface area contributed by atoms with E-state index in [1.54, 1.807) is 6.92 Å². The molecule has 22 heavy (non-hydrogen) atoms. The molecule has 0 spiro atoms. The molecule has 0 aromatic carbocycles. The predicted octanol–water partition coefficient (Wildman–Crippen LogP) is 2.22. The number of thioether (sulfide) groups is 1. The van der Waals surface area contributed by atoms with Gasteiger partial charge in [-0.15, -0.1) is 10.2 Å². The van der Waals surface area contributed by atoms with Crippen molar-refractivity contribution in [2.24, 2.45) is 0 Å². The summed E-state index contributed by atoms with van der Waals surface area (Å²) in [6.07, 6.45) is 6.18. The number of nitrogens with one attached hydrogen (secondary N) is 3. The smallest absolute Gasteiger partial charge is 0.321 e. The van der Waals surface area contributed by atoms with E-state index in [9.17, 15) is 9.59 Å². The molecule has 1 atom stereocenters. The molecule has 0 aliphatic heterocycles. The zero-order valence-corrected chi connectivity index (χ0v) is 14.4. The van der Waals surface area contributed by atoms with Gasteiger partial charge < -0.3 is 10.6 Å². The van der Waals surface area contributed by atoms with E-state index in [2.05, 4.69) is 26.1 Å². The lowest BCUT2D eigenvalue weighted by Crippen LogP contribution is -2.41. The number of urea groups is 1. The van der Waals surface area contributed by atoms with Crippen LogP contribution in [0.3, 0.4) is 0 Å². The molecule has 9 heteroatoms. The van der Waals surface area contributed by atoms with Crippen LogP contribution >= 0.6 is 23.1 Å². The number of aromatic nitrogens is 2. The summed E-state index contributed by atoms with van der Waals surface area (Å²) in [4.78, 5) is 22.9. The fourth-order valence-corrected chi connectivity index (χ4v) is 4.19. The standard InChI is InChI=1S/C13H21N5O2S2/c1-8(10(19)16-11(20)14-2)21-13-18-17-12(22-13)15-9-6-4-3-5-7-9/h8-9H,3-7H2,1-2H3,(H,15,17)(H2,14,16,19,20)/t8-/m0/s1. The lowest BCUT2D eigenvalue weighted by Gasteiger charge is -2.21. The third-order valence-corrected chi connectivity index (χ3v) is 5.49. The minimum absolute atomic E-state index is 0.346. The van der Waals surface area contributed by atoms with Crippen LogP contribution in [0.2, 0.25) is 0 Å². The average Bonchev–Trinajstić information content (AvgIpc) is 2.95. The van der Waals surface area contributed by atoms with Gasteiger partial charge in [-0.2, -0.15) is 0 Å². The molecule has 1 heterocycles. The van der Waals surface area contributed by atoms with Crippen molar-refractivity contribution >= 4 is 40.2 Å². The van der Waals surface area contributed by atoms with E-state index in [1.165, 1.54) is 62.3 Å². The van der Waals surface area contributed by atoms with Crippen molar-refractivity contribution in [1.82, 2.24) is 20.8 Å². The lowest BCUT2D eigenvalue weighted by molar-refractivity contribution is -0.119. The SMILES string of the molecule is CNC(=O)NC(=O)[C@H](C)Sc1nnc(NC2CCCCC2)s1. The van der Waals surface area contributed by atoms with E-state index < -0.39 is 11.3 Å². The first-order valence-corrected chi connectivity index (χ1v) is 9.07. The maximum atomic E-state index is 11.8. The lowest BCUT2D eigenvalue weighted by atomic mass is 9.96. The molecule has 1 fully saturated rings. The van der Waals surface area contributed by atoms with Gasteiger partial charge in [0.1, 0.15) is 0 Å². The Kier molecular flexibility index (Phi) is 6.44. The fraction of sp³-hybridized carbons (Fsp3) is 0.692. The minimum atomic E-state index is -0.505. The van der Waals surface area contributed by atoms with Crippen LogP contribution in [-0.4, -0.2) is 40.5 Å². The van der Waals surface area contributed by atoms with E-state index in [-0.39, 0.29) is 5.91 Å². The number of imide groups is 1. The Morgan fingerprint density at radius 1 is 1.27 bits per heavy atom. The topological polar surface area (TPSA) is 96.0 Å². The maximum Gasteiger partial charge on any atom is 0.321 e. The second-order valence-corrected chi connectivity index (χ2v) is 7.75. The molecule has 3 N–H and O–H groups in total. The minimum Gasteiger partial charge on any atom is -0.357 e. The maximum absolute atomic E-state index is 11.8. The van der Waals surface area contributed by atoms with Crippen molar-refractivity contribution in [3.8, 4) is 0 Å². The Balaban J connectivity index is 1.83. The van der Waals surface area contributed by atoms with Gasteiger partial charge in [0.15, 0.2) is 4.34 Å². The molecule has 1 saturated carbocycles. The summed E-state index contributed by atoms with van der Waals surface area (Å²) in [6.45, 7) is 1.73. The summed E-state index contributed by atoms with van der Waals surface area (Å²) < 4.78 is 0.720. The van der Waals surface area contributed by atoms with E-state index in [1.807, 2.05) is 0 Å². The summed E-state index contributed by atoms with van der Waals surface area (Å²) in [7, 11) is 1.47. The highest BCUT2D eigenvalue weighted by Crippen LogP contribution is 2.30. The molecule has 122 valence electrons. The van der Waals surface area contributed by atoms with Crippen molar-refractivity contribution in [3.05, 3.63) is 0 Å². The van der Waals surface area contributed by atoms with Crippen molar-refractivity contribution in [1.29, 1.82) is 0 Å². The molecular formula is C13H21N5O2S2. The molecule has 3 amide bonds. The number of carbonyl (C=O) groups is 2. The second-order valence-electron chi connectivity index (χ2n) is 5.18. The average molecular weight is 343 g/mol. The molecule has 1 aliphatic carbocycles. The Hall–Kier alpha value is -1.35. The number of amides is 3. The van der Waals surface area contributed by atoms with Gasteiger partial charge in [0, 0.05) is 13.1 Å². The largest absolute Gasteiger partial charge is 0.357 e. The summed E-state index contributed by atoms with van der Waals surface area (Å²) >= 11 is 2.75. The van der Waals surface area contributed by atoms with Gasteiger partial charge in [0.05, 0.1) is 5.25 Å². The third kappa shape index (κ3) is 5.13. The number of rotatable bonds is 5. The van der Waals surface area contributed by atoms with Gasteiger partial charge in [0.2, 0.25) is 11.0 Å². The molecule has 1 aliphatic rings. The number of nitrogens with zero attached hydrogens (tertiary/aromatic N) is 2. The van der Waals surface area contributed by atoms with E-state index >= 15 is 0 Å². The number of anilines is 1. The Bertz CT molecular complexity index is 516. The molecule has 2 rings (SSSR count). The summed E-state index contributed by atoms with van der Waals surface area (Å²) in [5.74, 6) is -0.346. The van der Waals surface area contributed by atoms with Crippen LogP contribution in [0.4, 0.5) is 9.93 Å². The van der Waals surface area contributed by atoms with Crippen molar-refractivity contribution in [2.75, 3.05) is 12.4 Å². The summed E-state index contributed by atoms with van der Waals surface area (Å²) in [5.41, 5.74) is 0. The van der Waals surface area contributed by atoms with Crippen LogP contribution in [0.25, 0.3) is 0 Å². The van der Waals surface area contributed by atoms with Crippen molar-refractivity contribution < 1.29 is 9.59 Å². The highest BCUT2D eigenvalue weighted by Gasteiger charge is 2.20. The first-order chi connectivity index (χ1) is 10.6. The van der Waals surface area contributed by atoms with Gasteiger partial charge in [-0.1, -0.05) is 42.4 Å². The Morgan fingerprint density at radius 2 is 2.00 bits per heavy atom. The van der Waals surface area contributed by atoms with Crippen LogP contribution in [0.15, 0.2) is 4.34 Å². The Morgan fingerprint density at radius 3 is 2.68 bits per heavy atom. The van der Waals surface area contributed by atoms with E-state index in [0.29, 0.717) is 6.04 Å². The van der Waals surface area contributed by atoms with Crippen LogP contribution in [0.5, 0.6) is 0 Å². The van der Waals surface area contributed by atoms with Crippen LogP contribution in [0, 0.1) is 0 Å². The van der Waals surface area contributed by atoms with Crippen molar-refractivity contribution in [2.45, 2.75) is 54.7 Å². The number of carbonyl (C=O) groups excluding carboxylic acids is 2. The van der Waals surface area contributed by atoms with Crippen molar-refractivity contribution in [3.63, 3.8) is 0 Å². The summed E-state index contributed by atoms with van der Waals surface area (Å²) in [6, 6.07) is -0.0251. The molecule has 0 bridgehead atoms. The number of hydrogen-bond donors (Lipinski definition) is 3. The van der Waals surface area contributed by atoms with E-state index in [4.69, 9.17) is 0 Å². The first kappa shape index (κ1) is 17.0. The van der Waals surface area contributed by atoms with Gasteiger partial charge in [-0.05, 0) is 19.8 Å². The zero-order chi connectivity index (χ0) is 15.9. The predicted molar refractivity (Wildman–Crippen MR) is 88.3 cm³/mol. The van der Waals surface area contributed by atoms with Crippen LogP contribution < -0.4 is 16.0 Å². The molecule has 0 radical (unpaired) electrons. The van der Waals surface area contributed by atoms with Gasteiger partial charge in [-0.3, -0.25) is 10.1 Å². The molecule has 1 aromatic rings. The second kappa shape index (κ2) is 8.33. The molecule has 1 aromatic heterocycles. The van der Waals surface area contributed by atoms with Crippen LogP contribution in [-0.2, 0) is 4.79 Å². The monoisotopic (exact) mass is 343 g/mol.